The highest BCUT2D eigenvalue weighted by atomic mass is 32.2. The Kier molecular flexibility index (Phi) is 8.03. The number of hydrogen-bond donors (Lipinski definition) is 0. The van der Waals surface area contributed by atoms with Crippen LogP contribution in [-0.4, -0.2) is 27.7 Å². The van der Waals surface area contributed by atoms with Gasteiger partial charge in [0.05, 0.1) is 4.90 Å². The lowest BCUT2D eigenvalue weighted by atomic mass is 10.1. The number of hydrogen-bond acceptors (Lipinski definition) is 5. The van der Waals surface area contributed by atoms with Gasteiger partial charge in [-0.05, 0) is 79.8 Å². The molecule has 3 rings (SSSR count). The highest BCUT2D eigenvalue weighted by Crippen LogP contribution is 2.28. The Labute approximate surface area is 207 Å². The van der Waals surface area contributed by atoms with Crippen molar-refractivity contribution in [1.29, 1.82) is 0 Å². The smallest absolute Gasteiger partial charge is 0.339 e. The topological polar surface area (TPSA) is 80.8 Å². The monoisotopic (exact) mass is 519 g/mol. The van der Waals surface area contributed by atoms with E-state index in [1.807, 2.05) is 32.9 Å². The molecule has 0 unspecified atom stereocenters. The van der Waals surface area contributed by atoms with Crippen LogP contribution in [-0.2, 0) is 26.7 Å². The Balaban J connectivity index is 1.93. The van der Waals surface area contributed by atoms with E-state index in [0.29, 0.717) is 16.7 Å². The first kappa shape index (κ1) is 26.8. The molecular formula is C26H30FNO5S2. The minimum absolute atomic E-state index is 0.0383. The molecule has 0 atom stereocenters. The summed E-state index contributed by atoms with van der Waals surface area (Å²) in [6.45, 7) is 9.70. The molecule has 6 nitrogen and oxygen atoms in total. The van der Waals surface area contributed by atoms with Crippen molar-refractivity contribution in [1.82, 2.24) is 4.31 Å². The molecule has 9 heteroatoms. The van der Waals surface area contributed by atoms with E-state index in [-0.39, 0.29) is 34.5 Å². The molecule has 0 spiro atoms. The van der Waals surface area contributed by atoms with Crippen LogP contribution in [0.1, 0.15) is 36.1 Å². The predicted octanol–water partition coefficient (Wildman–Crippen LogP) is 5.37. The van der Waals surface area contributed by atoms with Crippen LogP contribution in [0.3, 0.4) is 0 Å². The van der Waals surface area contributed by atoms with E-state index in [1.54, 1.807) is 26.0 Å². The van der Waals surface area contributed by atoms with Crippen molar-refractivity contribution in [2.45, 2.75) is 51.0 Å². The number of halogens is 1. The summed E-state index contributed by atoms with van der Waals surface area (Å²) >= 11 is 0. The Bertz CT molecular complexity index is 1390. The number of rotatable bonds is 9. The fourth-order valence-corrected chi connectivity index (χ4v) is 6.96. The Morgan fingerprint density at radius 1 is 0.886 bits per heavy atom. The van der Waals surface area contributed by atoms with Gasteiger partial charge in [-0.3, -0.25) is 0 Å². The second-order valence-electron chi connectivity index (χ2n) is 9.06. The molecule has 0 N–H and O–H groups in total. The average Bonchev–Trinajstić information content (AvgIpc) is 2.72. The van der Waals surface area contributed by atoms with E-state index in [2.05, 4.69) is 0 Å². The average molecular weight is 520 g/mol. The second kappa shape index (κ2) is 10.5. The molecule has 0 bridgehead atoms. The summed E-state index contributed by atoms with van der Waals surface area (Å²) in [5.74, 6) is -0.456. The molecule has 0 aromatic heterocycles. The molecule has 188 valence electrons. The highest BCUT2D eigenvalue weighted by molar-refractivity contribution is 7.89. The van der Waals surface area contributed by atoms with Crippen molar-refractivity contribution in [3.63, 3.8) is 0 Å². The molecule has 0 amide bonds. The molecule has 35 heavy (non-hydrogen) atoms. The minimum atomic E-state index is -4.18. The Morgan fingerprint density at radius 3 is 2.06 bits per heavy atom. The lowest BCUT2D eigenvalue weighted by Crippen LogP contribution is -2.34. The number of sulfonamides is 1. The first-order valence-electron chi connectivity index (χ1n) is 11.2. The summed E-state index contributed by atoms with van der Waals surface area (Å²) in [6.07, 6.45) is 0. The molecule has 0 saturated carbocycles. The standard InChI is InChI=1S/C26H30FNO5S2/c1-18(2)16-28(34(29,30)26-20(4)13-19(3)14-21(26)5)17-22-7-6-8-24(15-22)33-35(31,32)25-11-9-23(27)10-12-25/h6-15,18H,16-17H2,1-5H3. The molecule has 0 fully saturated rings. The second-order valence-corrected chi connectivity index (χ2v) is 12.5. The fraction of sp³-hybridized carbons (Fsp3) is 0.308. The van der Waals surface area contributed by atoms with Crippen molar-refractivity contribution < 1.29 is 25.4 Å². The van der Waals surface area contributed by atoms with Crippen LogP contribution in [0.5, 0.6) is 5.75 Å². The zero-order chi connectivity index (χ0) is 26.0. The Morgan fingerprint density at radius 2 is 1.49 bits per heavy atom. The van der Waals surface area contributed by atoms with Gasteiger partial charge in [0.1, 0.15) is 16.5 Å². The third-order valence-electron chi connectivity index (χ3n) is 5.34. The van der Waals surface area contributed by atoms with E-state index in [9.17, 15) is 21.2 Å². The minimum Gasteiger partial charge on any atom is -0.379 e. The molecule has 0 heterocycles. The van der Waals surface area contributed by atoms with Gasteiger partial charge in [0.15, 0.2) is 0 Å². The predicted molar refractivity (Wildman–Crippen MR) is 134 cm³/mol. The fourth-order valence-electron chi connectivity index (χ4n) is 4.03. The third kappa shape index (κ3) is 6.48. The molecule has 0 radical (unpaired) electrons. The van der Waals surface area contributed by atoms with Gasteiger partial charge in [0.2, 0.25) is 10.0 Å². The van der Waals surface area contributed by atoms with Crippen LogP contribution >= 0.6 is 0 Å². The first-order chi connectivity index (χ1) is 16.3. The summed E-state index contributed by atoms with van der Waals surface area (Å²) in [5, 5.41) is 0. The quantitative estimate of drug-likeness (QED) is 0.355. The van der Waals surface area contributed by atoms with Crippen LogP contribution in [0.4, 0.5) is 4.39 Å². The maximum Gasteiger partial charge on any atom is 0.339 e. The summed E-state index contributed by atoms with van der Waals surface area (Å²) < 4.78 is 72.4. The molecule has 0 aliphatic heterocycles. The first-order valence-corrected chi connectivity index (χ1v) is 14.0. The van der Waals surface area contributed by atoms with Gasteiger partial charge in [0.25, 0.3) is 0 Å². The van der Waals surface area contributed by atoms with Crippen molar-refractivity contribution in [3.8, 4) is 5.75 Å². The van der Waals surface area contributed by atoms with Crippen LogP contribution in [0.2, 0.25) is 0 Å². The molecule has 3 aromatic rings. The molecular weight excluding hydrogens is 489 g/mol. The van der Waals surface area contributed by atoms with Gasteiger partial charge >= 0.3 is 10.1 Å². The Hall–Kier alpha value is -2.75. The van der Waals surface area contributed by atoms with Crippen LogP contribution in [0, 0.1) is 32.5 Å². The lowest BCUT2D eigenvalue weighted by Gasteiger charge is -2.26. The van der Waals surface area contributed by atoms with E-state index < -0.39 is 26.0 Å². The molecule has 0 aliphatic rings. The van der Waals surface area contributed by atoms with Crippen molar-refractivity contribution >= 4 is 20.1 Å². The summed E-state index contributed by atoms with van der Waals surface area (Å²) in [7, 11) is -8.01. The van der Waals surface area contributed by atoms with E-state index >= 15 is 0 Å². The molecule has 0 saturated heterocycles. The summed E-state index contributed by atoms with van der Waals surface area (Å²) in [4.78, 5) is 0.105. The van der Waals surface area contributed by atoms with Gasteiger partial charge in [-0.2, -0.15) is 12.7 Å². The zero-order valence-corrected chi connectivity index (χ0v) is 22.1. The maximum atomic E-state index is 13.7. The van der Waals surface area contributed by atoms with E-state index in [1.165, 1.54) is 16.4 Å². The van der Waals surface area contributed by atoms with Crippen LogP contribution < -0.4 is 4.18 Å². The highest BCUT2D eigenvalue weighted by Gasteiger charge is 2.29. The lowest BCUT2D eigenvalue weighted by molar-refractivity contribution is 0.361. The third-order valence-corrected chi connectivity index (χ3v) is 8.72. The van der Waals surface area contributed by atoms with Gasteiger partial charge in [-0.1, -0.05) is 43.7 Å². The largest absolute Gasteiger partial charge is 0.379 e. The van der Waals surface area contributed by atoms with Crippen LogP contribution in [0.15, 0.2) is 70.5 Å². The maximum absolute atomic E-state index is 13.7. The van der Waals surface area contributed by atoms with Crippen molar-refractivity contribution in [2.24, 2.45) is 5.92 Å². The summed E-state index contributed by atoms with van der Waals surface area (Å²) in [6, 6.07) is 14.3. The van der Waals surface area contributed by atoms with Crippen molar-refractivity contribution in [3.05, 3.63) is 88.7 Å². The number of nitrogens with zero attached hydrogens (tertiary/aromatic N) is 1. The van der Waals surface area contributed by atoms with Gasteiger partial charge in [-0.25, -0.2) is 12.8 Å². The van der Waals surface area contributed by atoms with Gasteiger partial charge in [0, 0.05) is 13.1 Å². The van der Waals surface area contributed by atoms with E-state index in [4.69, 9.17) is 4.18 Å². The van der Waals surface area contributed by atoms with Gasteiger partial charge in [-0.15, -0.1) is 0 Å². The SMILES string of the molecule is Cc1cc(C)c(S(=O)(=O)N(Cc2cccc(OS(=O)(=O)c3ccc(F)cc3)c2)CC(C)C)c(C)c1. The van der Waals surface area contributed by atoms with Crippen molar-refractivity contribution in [2.75, 3.05) is 6.54 Å². The normalized spacial score (nSPS) is 12.3. The molecule has 0 aliphatic carbocycles. The molecule has 3 aromatic carbocycles. The summed E-state index contributed by atoms with van der Waals surface area (Å²) in [5.41, 5.74) is 2.92. The number of aryl methyl sites for hydroxylation is 3. The zero-order valence-electron chi connectivity index (χ0n) is 20.4. The van der Waals surface area contributed by atoms with E-state index in [0.717, 1.165) is 29.8 Å². The van der Waals surface area contributed by atoms with Gasteiger partial charge < -0.3 is 4.18 Å². The van der Waals surface area contributed by atoms with Crippen LogP contribution in [0.25, 0.3) is 0 Å². The number of benzene rings is 3.